The largest absolute Gasteiger partial charge is 0.497 e. The molecule has 1 unspecified atom stereocenters. The number of hydrogen-bond donors (Lipinski definition) is 0. The molecule has 6 rings (SSSR count). The monoisotopic (exact) mass is 605 g/mol. The van der Waals surface area contributed by atoms with Crippen molar-refractivity contribution >= 4 is 40.8 Å². The van der Waals surface area contributed by atoms with Crippen molar-refractivity contribution in [2.45, 2.75) is 18.4 Å². The van der Waals surface area contributed by atoms with Crippen LogP contribution in [-0.4, -0.2) is 42.7 Å². The van der Waals surface area contributed by atoms with E-state index in [9.17, 15) is 14.4 Å². The third kappa shape index (κ3) is 5.03. The van der Waals surface area contributed by atoms with Gasteiger partial charge in [0.15, 0.2) is 0 Å². The molecule has 0 fully saturated rings. The summed E-state index contributed by atoms with van der Waals surface area (Å²) >= 11 is 6.56. The van der Waals surface area contributed by atoms with Crippen molar-refractivity contribution < 1.29 is 23.9 Å². The molecule has 44 heavy (non-hydrogen) atoms. The topological polar surface area (TPSA) is 88.5 Å². The third-order valence-corrected chi connectivity index (χ3v) is 8.17. The molecule has 0 saturated heterocycles. The van der Waals surface area contributed by atoms with Crippen LogP contribution in [0.2, 0.25) is 5.02 Å². The van der Waals surface area contributed by atoms with E-state index < -0.39 is 17.3 Å². The van der Waals surface area contributed by atoms with E-state index in [0.717, 1.165) is 10.6 Å². The van der Waals surface area contributed by atoms with Crippen LogP contribution in [0.4, 0.5) is 5.69 Å². The molecule has 0 aliphatic carbocycles. The van der Waals surface area contributed by atoms with Crippen molar-refractivity contribution in [3.05, 3.63) is 142 Å². The van der Waals surface area contributed by atoms with Gasteiger partial charge in [0.2, 0.25) is 5.91 Å². The molecule has 2 amide bonds. The number of nitrogens with zero attached hydrogens (tertiary/aromatic N) is 3. The summed E-state index contributed by atoms with van der Waals surface area (Å²) in [7, 11) is 2.82. The molecule has 0 bridgehead atoms. The van der Waals surface area contributed by atoms with Crippen LogP contribution in [0.5, 0.6) is 5.75 Å². The number of esters is 1. The number of carbonyl (C=O) groups excluding carboxylic acids is 3. The van der Waals surface area contributed by atoms with Gasteiger partial charge in [-0.3, -0.25) is 9.59 Å². The van der Waals surface area contributed by atoms with Crippen LogP contribution in [0.1, 0.15) is 33.5 Å². The van der Waals surface area contributed by atoms with Gasteiger partial charge in [-0.15, -0.1) is 0 Å². The van der Waals surface area contributed by atoms with Gasteiger partial charge in [-0.25, -0.2) is 9.80 Å². The summed E-state index contributed by atoms with van der Waals surface area (Å²) in [5.74, 6) is -0.965. The fourth-order valence-electron chi connectivity index (χ4n) is 5.76. The van der Waals surface area contributed by atoms with E-state index in [1.807, 2.05) is 30.3 Å². The molecular formula is C35H28ClN3O5. The zero-order valence-electron chi connectivity index (χ0n) is 24.1. The number of methoxy groups -OCH3 is 2. The normalized spacial score (nSPS) is 17.5. The molecule has 0 radical (unpaired) electrons. The van der Waals surface area contributed by atoms with Gasteiger partial charge in [0.1, 0.15) is 11.2 Å². The molecule has 2 aliphatic rings. The summed E-state index contributed by atoms with van der Waals surface area (Å²) in [6, 6.07) is 30.5. The Balaban J connectivity index is 1.60. The predicted octanol–water partition coefficient (Wildman–Crippen LogP) is 6.14. The summed E-state index contributed by atoms with van der Waals surface area (Å²) in [4.78, 5) is 44.1. The third-order valence-electron chi connectivity index (χ3n) is 7.93. The van der Waals surface area contributed by atoms with Crippen molar-refractivity contribution in [1.29, 1.82) is 0 Å². The fourth-order valence-corrected chi connectivity index (χ4v) is 5.94. The zero-order valence-corrected chi connectivity index (χ0v) is 24.8. The minimum atomic E-state index is -1.60. The van der Waals surface area contributed by atoms with Crippen molar-refractivity contribution in [2.75, 3.05) is 19.1 Å². The van der Waals surface area contributed by atoms with Crippen LogP contribution in [0.25, 0.3) is 0 Å². The van der Waals surface area contributed by atoms with Crippen LogP contribution in [-0.2, 0) is 26.3 Å². The van der Waals surface area contributed by atoms with E-state index in [1.165, 1.54) is 13.3 Å². The maximum Gasteiger partial charge on any atom is 0.336 e. The Morgan fingerprint density at radius 3 is 2.25 bits per heavy atom. The molecule has 8 nitrogen and oxygen atoms in total. The van der Waals surface area contributed by atoms with Crippen molar-refractivity contribution in [2.24, 2.45) is 5.10 Å². The molecule has 1 atom stereocenters. The summed E-state index contributed by atoms with van der Waals surface area (Å²) in [5.41, 5.74) is 1.82. The lowest BCUT2D eigenvalue weighted by atomic mass is 9.70. The minimum absolute atomic E-state index is 0.0272. The van der Waals surface area contributed by atoms with E-state index in [2.05, 4.69) is 0 Å². The second kappa shape index (κ2) is 11.8. The van der Waals surface area contributed by atoms with Gasteiger partial charge in [0.25, 0.3) is 5.91 Å². The van der Waals surface area contributed by atoms with Gasteiger partial charge in [-0.1, -0.05) is 60.1 Å². The lowest BCUT2D eigenvalue weighted by Gasteiger charge is -2.29. The summed E-state index contributed by atoms with van der Waals surface area (Å²) in [6.07, 6.45) is 1.28. The SMILES string of the molecule is COC(=O)C1=CN(C(=O)c2ccccc2)N=C(c2ccc(OC)cc2)CC12C(=O)N(Cc1ccccc1)c1ccc(Cl)cc12. The van der Waals surface area contributed by atoms with Crippen molar-refractivity contribution in [3.63, 3.8) is 0 Å². The molecule has 1 spiro atoms. The molecular weight excluding hydrogens is 578 g/mol. The summed E-state index contributed by atoms with van der Waals surface area (Å²) < 4.78 is 10.6. The second-order valence-corrected chi connectivity index (χ2v) is 10.9. The number of benzene rings is 4. The molecule has 2 aliphatic heterocycles. The maximum absolute atomic E-state index is 14.9. The smallest absolute Gasteiger partial charge is 0.336 e. The standard InChI is InChI=1S/C35H28ClN3O5/c1-43-27-16-13-24(14-17-27)30-20-35(29(33(41)44-2)22-39(37-30)32(40)25-11-7-4-8-12-25)28-19-26(36)15-18-31(28)38(34(35)42)21-23-9-5-3-6-10-23/h3-19,22H,20-21H2,1-2H3. The molecule has 0 N–H and O–H groups in total. The first-order valence-electron chi connectivity index (χ1n) is 13.9. The van der Waals surface area contributed by atoms with Crippen LogP contribution in [0.3, 0.4) is 0 Å². The molecule has 2 heterocycles. The maximum atomic E-state index is 14.9. The summed E-state index contributed by atoms with van der Waals surface area (Å²) in [5, 5.41) is 6.29. The molecule has 0 aromatic heterocycles. The highest BCUT2D eigenvalue weighted by atomic mass is 35.5. The van der Waals surface area contributed by atoms with Gasteiger partial charge in [-0.05, 0) is 71.3 Å². The van der Waals surface area contributed by atoms with Gasteiger partial charge >= 0.3 is 5.97 Å². The van der Waals surface area contributed by atoms with Gasteiger partial charge in [0.05, 0.1) is 32.0 Å². The number of carbonyl (C=O) groups is 3. The van der Waals surface area contributed by atoms with Crippen LogP contribution >= 0.6 is 11.6 Å². The second-order valence-electron chi connectivity index (χ2n) is 10.4. The Morgan fingerprint density at radius 1 is 0.909 bits per heavy atom. The Kier molecular flexibility index (Phi) is 7.76. The van der Waals surface area contributed by atoms with Gasteiger partial charge in [-0.2, -0.15) is 5.10 Å². The van der Waals surface area contributed by atoms with E-state index in [0.29, 0.717) is 38.9 Å². The molecule has 4 aromatic carbocycles. The first kappa shape index (κ1) is 28.9. The Morgan fingerprint density at radius 2 is 1.59 bits per heavy atom. The van der Waals surface area contributed by atoms with Crippen LogP contribution in [0.15, 0.2) is 120 Å². The van der Waals surface area contributed by atoms with Crippen molar-refractivity contribution in [3.8, 4) is 5.75 Å². The van der Waals surface area contributed by atoms with Crippen LogP contribution in [0, 0.1) is 0 Å². The highest BCUT2D eigenvalue weighted by Gasteiger charge is 2.57. The lowest BCUT2D eigenvalue weighted by molar-refractivity contribution is -0.138. The highest BCUT2D eigenvalue weighted by Crippen LogP contribution is 2.51. The Hall–Kier alpha value is -5.21. The van der Waals surface area contributed by atoms with E-state index >= 15 is 0 Å². The van der Waals surface area contributed by atoms with E-state index in [-0.39, 0.29) is 24.4 Å². The number of amides is 2. The molecule has 0 saturated carbocycles. The Bertz CT molecular complexity index is 1810. The van der Waals surface area contributed by atoms with Gasteiger partial charge in [0, 0.05) is 28.9 Å². The molecule has 220 valence electrons. The fraction of sp³-hybridized carbons (Fsp3) is 0.143. The summed E-state index contributed by atoms with van der Waals surface area (Å²) in [6.45, 7) is 0.256. The quantitative estimate of drug-likeness (QED) is 0.246. The minimum Gasteiger partial charge on any atom is -0.497 e. The average molecular weight is 606 g/mol. The number of fused-ring (bicyclic) bond motifs is 2. The number of rotatable bonds is 6. The van der Waals surface area contributed by atoms with E-state index in [4.69, 9.17) is 26.2 Å². The number of ether oxygens (including phenoxy) is 2. The van der Waals surface area contributed by atoms with E-state index in [1.54, 1.807) is 84.8 Å². The lowest BCUT2D eigenvalue weighted by Crippen LogP contribution is -2.45. The van der Waals surface area contributed by atoms with Crippen molar-refractivity contribution in [1.82, 2.24) is 5.01 Å². The number of hydrazone groups is 1. The first-order chi connectivity index (χ1) is 21.3. The molecule has 9 heteroatoms. The Labute approximate surface area is 259 Å². The highest BCUT2D eigenvalue weighted by molar-refractivity contribution is 6.31. The average Bonchev–Trinajstić information content (AvgIpc) is 3.18. The molecule has 4 aromatic rings. The number of halogens is 1. The van der Waals surface area contributed by atoms with Gasteiger partial charge < -0.3 is 14.4 Å². The zero-order chi connectivity index (χ0) is 30.8. The number of anilines is 1. The first-order valence-corrected chi connectivity index (χ1v) is 14.3. The van der Waals surface area contributed by atoms with Crippen LogP contribution < -0.4 is 9.64 Å². The number of hydrogen-bond acceptors (Lipinski definition) is 6. The predicted molar refractivity (Wildman–Crippen MR) is 168 cm³/mol.